The number of nitrogens with zero attached hydrogens (tertiary/aromatic N) is 3. The van der Waals surface area contributed by atoms with E-state index in [0.717, 1.165) is 23.9 Å². The first kappa shape index (κ1) is 13.6. The molecule has 2 atom stereocenters. The lowest BCUT2D eigenvalue weighted by molar-refractivity contribution is 0.108. The molecule has 1 aromatic rings. The molecule has 21 heavy (non-hydrogen) atoms. The highest BCUT2D eigenvalue weighted by Gasteiger charge is 2.36. The number of hydrogen-bond donors (Lipinski definition) is 1. The molecule has 0 spiro atoms. The van der Waals surface area contributed by atoms with Gasteiger partial charge in [0.15, 0.2) is 0 Å². The minimum absolute atomic E-state index is 0.682. The number of aryl methyl sites for hydroxylation is 1. The highest BCUT2D eigenvalue weighted by atomic mass is 15.2. The number of likely N-dealkylation sites (tertiary alicyclic amines) is 1. The van der Waals surface area contributed by atoms with Crippen LogP contribution in [0.3, 0.4) is 0 Å². The molecule has 3 aliphatic rings. The SMILES string of the molecule is Cc1ncc([C@H]2CC[C@H](N3CC4CCC(C3)N4)CC2)cn1. The third-order valence-corrected chi connectivity index (χ3v) is 5.73. The minimum atomic E-state index is 0.682. The maximum Gasteiger partial charge on any atom is 0.125 e. The van der Waals surface area contributed by atoms with Gasteiger partial charge in [0, 0.05) is 43.6 Å². The van der Waals surface area contributed by atoms with Crippen molar-refractivity contribution in [2.75, 3.05) is 13.1 Å². The van der Waals surface area contributed by atoms with Crippen LogP contribution < -0.4 is 5.32 Å². The van der Waals surface area contributed by atoms with Crippen molar-refractivity contribution in [1.82, 2.24) is 20.2 Å². The van der Waals surface area contributed by atoms with Crippen molar-refractivity contribution in [2.45, 2.75) is 69.5 Å². The molecule has 1 saturated carbocycles. The molecule has 2 unspecified atom stereocenters. The third-order valence-electron chi connectivity index (χ3n) is 5.73. The van der Waals surface area contributed by atoms with E-state index < -0.39 is 0 Å². The van der Waals surface area contributed by atoms with Crippen LogP contribution in [0.5, 0.6) is 0 Å². The van der Waals surface area contributed by atoms with Gasteiger partial charge >= 0.3 is 0 Å². The molecular formula is C17H26N4. The molecule has 1 N–H and O–H groups in total. The summed E-state index contributed by atoms with van der Waals surface area (Å²) in [5.41, 5.74) is 1.35. The molecule has 2 aliphatic heterocycles. The molecule has 4 nitrogen and oxygen atoms in total. The van der Waals surface area contributed by atoms with Crippen LogP contribution in [0, 0.1) is 6.92 Å². The first-order valence-corrected chi connectivity index (χ1v) is 8.56. The normalized spacial score (nSPS) is 36.8. The first-order valence-electron chi connectivity index (χ1n) is 8.56. The Morgan fingerprint density at radius 2 is 1.57 bits per heavy atom. The third kappa shape index (κ3) is 2.84. The van der Waals surface area contributed by atoms with Crippen LogP contribution in [0.25, 0.3) is 0 Å². The number of rotatable bonds is 2. The van der Waals surface area contributed by atoms with Gasteiger partial charge in [0.2, 0.25) is 0 Å². The zero-order chi connectivity index (χ0) is 14.2. The molecule has 2 saturated heterocycles. The van der Waals surface area contributed by atoms with Gasteiger partial charge in [-0.15, -0.1) is 0 Å². The van der Waals surface area contributed by atoms with Gasteiger partial charge in [-0.05, 0) is 56.9 Å². The Kier molecular flexibility index (Phi) is 3.67. The number of nitrogens with one attached hydrogen (secondary N) is 1. The van der Waals surface area contributed by atoms with E-state index in [1.54, 1.807) is 0 Å². The second-order valence-electron chi connectivity index (χ2n) is 7.16. The Hall–Kier alpha value is -1.00. The molecule has 114 valence electrons. The lowest BCUT2D eigenvalue weighted by atomic mass is 9.82. The maximum atomic E-state index is 4.36. The van der Waals surface area contributed by atoms with Gasteiger partial charge in [-0.25, -0.2) is 9.97 Å². The zero-order valence-corrected chi connectivity index (χ0v) is 13.0. The first-order chi connectivity index (χ1) is 10.3. The average Bonchev–Trinajstić information content (AvgIpc) is 2.86. The van der Waals surface area contributed by atoms with Crippen molar-refractivity contribution in [3.8, 4) is 0 Å². The molecule has 0 amide bonds. The Labute approximate surface area is 127 Å². The van der Waals surface area contributed by atoms with E-state index in [-0.39, 0.29) is 0 Å². The summed E-state index contributed by atoms with van der Waals surface area (Å²) in [7, 11) is 0. The molecule has 0 aromatic carbocycles. The summed E-state index contributed by atoms with van der Waals surface area (Å²) in [4.78, 5) is 11.5. The fraction of sp³-hybridized carbons (Fsp3) is 0.765. The van der Waals surface area contributed by atoms with E-state index in [4.69, 9.17) is 0 Å². The van der Waals surface area contributed by atoms with Crippen molar-refractivity contribution in [3.05, 3.63) is 23.8 Å². The zero-order valence-electron chi connectivity index (χ0n) is 13.0. The second-order valence-corrected chi connectivity index (χ2v) is 7.16. The van der Waals surface area contributed by atoms with Crippen LogP contribution in [0.2, 0.25) is 0 Å². The van der Waals surface area contributed by atoms with E-state index in [0.29, 0.717) is 5.92 Å². The molecule has 4 rings (SSSR count). The largest absolute Gasteiger partial charge is 0.309 e. The molecule has 1 aromatic heterocycles. The Balaban J connectivity index is 1.35. The van der Waals surface area contributed by atoms with Crippen molar-refractivity contribution in [2.24, 2.45) is 0 Å². The number of hydrogen-bond acceptors (Lipinski definition) is 4. The number of fused-ring (bicyclic) bond motifs is 2. The average molecular weight is 286 g/mol. The fourth-order valence-electron chi connectivity index (χ4n) is 4.52. The lowest BCUT2D eigenvalue weighted by Crippen LogP contribution is -2.54. The van der Waals surface area contributed by atoms with Gasteiger partial charge < -0.3 is 5.32 Å². The van der Waals surface area contributed by atoms with E-state index in [2.05, 4.69) is 20.2 Å². The maximum absolute atomic E-state index is 4.36. The summed E-state index contributed by atoms with van der Waals surface area (Å²) in [6.07, 6.45) is 12.1. The van der Waals surface area contributed by atoms with Crippen molar-refractivity contribution in [1.29, 1.82) is 0 Å². The topological polar surface area (TPSA) is 41.1 Å². The summed E-state index contributed by atoms with van der Waals surface area (Å²) in [5, 5.41) is 3.74. The Bertz CT molecular complexity index is 466. The van der Waals surface area contributed by atoms with Gasteiger partial charge in [0.25, 0.3) is 0 Å². The Morgan fingerprint density at radius 1 is 0.952 bits per heavy atom. The summed E-state index contributed by atoms with van der Waals surface area (Å²) >= 11 is 0. The summed E-state index contributed by atoms with van der Waals surface area (Å²) in [6, 6.07) is 2.36. The van der Waals surface area contributed by atoms with Crippen molar-refractivity contribution < 1.29 is 0 Å². The monoisotopic (exact) mass is 286 g/mol. The molecule has 3 heterocycles. The fourth-order valence-corrected chi connectivity index (χ4v) is 4.52. The Morgan fingerprint density at radius 3 is 2.19 bits per heavy atom. The van der Waals surface area contributed by atoms with E-state index in [9.17, 15) is 0 Å². The highest BCUT2D eigenvalue weighted by molar-refractivity contribution is 5.13. The molecule has 0 radical (unpaired) electrons. The van der Waals surface area contributed by atoms with Crippen LogP contribution in [-0.2, 0) is 0 Å². The summed E-state index contributed by atoms with van der Waals surface area (Å²) in [5.74, 6) is 1.56. The predicted molar refractivity (Wildman–Crippen MR) is 83.3 cm³/mol. The van der Waals surface area contributed by atoms with Crippen LogP contribution >= 0.6 is 0 Å². The van der Waals surface area contributed by atoms with Crippen LogP contribution in [0.4, 0.5) is 0 Å². The smallest absolute Gasteiger partial charge is 0.125 e. The summed E-state index contributed by atoms with van der Waals surface area (Å²) in [6.45, 7) is 4.51. The van der Waals surface area contributed by atoms with Crippen LogP contribution in [0.15, 0.2) is 12.4 Å². The van der Waals surface area contributed by atoms with Crippen LogP contribution in [0.1, 0.15) is 55.8 Å². The molecule has 2 bridgehead atoms. The quantitative estimate of drug-likeness (QED) is 0.905. The van der Waals surface area contributed by atoms with Gasteiger partial charge in [-0.1, -0.05) is 0 Å². The molecular weight excluding hydrogens is 260 g/mol. The molecule has 1 aliphatic carbocycles. The van der Waals surface area contributed by atoms with Gasteiger partial charge in [0.1, 0.15) is 5.82 Å². The summed E-state index contributed by atoms with van der Waals surface area (Å²) < 4.78 is 0. The standard InChI is InChI=1S/C17H26N4/c1-12-18-8-14(9-19-12)13-2-6-17(7-3-13)21-10-15-4-5-16(11-21)20-15/h8-9,13,15-17,20H,2-7,10-11H2,1H3/t13-,15?,16?,17-. The minimum Gasteiger partial charge on any atom is -0.309 e. The lowest BCUT2D eigenvalue weighted by Gasteiger charge is -2.41. The van der Waals surface area contributed by atoms with E-state index in [1.807, 2.05) is 19.3 Å². The van der Waals surface area contributed by atoms with Gasteiger partial charge in [0.05, 0.1) is 0 Å². The van der Waals surface area contributed by atoms with E-state index in [1.165, 1.54) is 57.2 Å². The number of piperazine rings is 1. The second kappa shape index (κ2) is 5.65. The molecule has 4 heteroatoms. The predicted octanol–water partition coefficient (Wildman–Crippen LogP) is 2.25. The van der Waals surface area contributed by atoms with Crippen molar-refractivity contribution >= 4 is 0 Å². The molecule has 3 fully saturated rings. The van der Waals surface area contributed by atoms with Gasteiger partial charge in [-0.3, -0.25) is 4.90 Å². The van der Waals surface area contributed by atoms with Crippen molar-refractivity contribution in [3.63, 3.8) is 0 Å². The number of aromatic nitrogens is 2. The van der Waals surface area contributed by atoms with E-state index >= 15 is 0 Å². The van der Waals surface area contributed by atoms with Gasteiger partial charge in [-0.2, -0.15) is 0 Å². The van der Waals surface area contributed by atoms with Crippen LogP contribution in [-0.4, -0.2) is 46.1 Å². The highest BCUT2D eigenvalue weighted by Crippen LogP contribution is 2.35.